The summed E-state index contributed by atoms with van der Waals surface area (Å²) in [7, 11) is 0. The fraction of sp³-hybridized carbons (Fsp3) is 0.333. The molecule has 2 rings (SSSR count). The highest BCUT2D eigenvalue weighted by molar-refractivity contribution is 8.00. The molecule has 0 aromatic carbocycles. The van der Waals surface area contributed by atoms with Crippen LogP contribution in [-0.4, -0.2) is 44.2 Å². The fourth-order valence-electron chi connectivity index (χ4n) is 1.48. The van der Waals surface area contributed by atoms with Gasteiger partial charge < -0.3 is 5.11 Å². The molecule has 0 atom stereocenters. The number of aliphatic carboxylic acids is 1. The zero-order valence-electron chi connectivity index (χ0n) is 8.70. The van der Waals surface area contributed by atoms with Gasteiger partial charge in [-0.05, 0) is 0 Å². The minimum absolute atomic E-state index is 0.246. The summed E-state index contributed by atoms with van der Waals surface area (Å²) in [6, 6.07) is 0. The molecular formula is C9H9N3O4S. The molecule has 0 spiro atoms. The van der Waals surface area contributed by atoms with Crippen molar-refractivity contribution in [1.82, 2.24) is 9.78 Å². The van der Waals surface area contributed by atoms with Gasteiger partial charge in [0.1, 0.15) is 6.54 Å². The van der Waals surface area contributed by atoms with Crippen LogP contribution in [-0.2, 0) is 20.9 Å². The predicted molar refractivity (Wildman–Crippen MR) is 59.7 cm³/mol. The summed E-state index contributed by atoms with van der Waals surface area (Å²) in [6.07, 6.45) is 2.69. The third-order valence-corrected chi connectivity index (χ3v) is 3.03. The van der Waals surface area contributed by atoms with Crippen molar-refractivity contribution in [2.75, 3.05) is 16.4 Å². The summed E-state index contributed by atoms with van der Waals surface area (Å²) in [5, 5.41) is 12.4. The summed E-state index contributed by atoms with van der Waals surface area (Å²) in [5.41, 5.74) is 0.321. The predicted octanol–water partition coefficient (Wildman–Crippen LogP) is -0.426. The number of imide groups is 1. The molecule has 7 nitrogen and oxygen atoms in total. The monoisotopic (exact) mass is 255 g/mol. The van der Waals surface area contributed by atoms with Gasteiger partial charge >= 0.3 is 5.97 Å². The molecule has 0 saturated carbocycles. The summed E-state index contributed by atoms with van der Waals surface area (Å²) >= 11 is 1.26. The molecule has 0 radical (unpaired) electrons. The topological polar surface area (TPSA) is 92.5 Å². The van der Waals surface area contributed by atoms with E-state index in [2.05, 4.69) is 5.10 Å². The lowest BCUT2D eigenvalue weighted by Gasteiger charge is -2.22. The van der Waals surface area contributed by atoms with Crippen LogP contribution >= 0.6 is 11.8 Å². The Kier molecular flexibility index (Phi) is 3.14. The van der Waals surface area contributed by atoms with Crippen molar-refractivity contribution in [3.63, 3.8) is 0 Å². The van der Waals surface area contributed by atoms with Gasteiger partial charge in [-0.15, -0.1) is 11.8 Å². The number of carboxylic acid groups (broad SMARTS) is 1. The molecule has 90 valence electrons. The Morgan fingerprint density at radius 1 is 1.41 bits per heavy atom. The molecule has 1 fully saturated rings. The second kappa shape index (κ2) is 4.58. The van der Waals surface area contributed by atoms with Crippen LogP contribution in [0.5, 0.6) is 0 Å². The van der Waals surface area contributed by atoms with Crippen LogP contribution in [0.3, 0.4) is 0 Å². The number of carbonyl (C=O) groups is 3. The summed E-state index contributed by atoms with van der Waals surface area (Å²) < 4.78 is 1.17. The first-order valence-corrected chi connectivity index (χ1v) is 5.91. The van der Waals surface area contributed by atoms with Gasteiger partial charge in [-0.2, -0.15) is 5.10 Å². The molecule has 1 N–H and O–H groups in total. The third kappa shape index (κ3) is 2.47. The molecule has 1 aliphatic heterocycles. The molecule has 1 aliphatic rings. The van der Waals surface area contributed by atoms with Crippen molar-refractivity contribution in [2.45, 2.75) is 6.54 Å². The highest BCUT2D eigenvalue weighted by Crippen LogP contribution is 2.20. The molecule has 2 amide bonds. The molecule has 0 bridgehead atoms. The first-order valence-electron chi connectivity index (χ1n) is 4.75. The Bertz CT molecular complexity index is 468. The number of hydrogen-bond donors (Lipinski definition) is 1. The van der Waals surface area contributed by atoms with Crippen molar-refractivity contribution < 1.29 is 19.5 Å². The molecule has 1 aromatic heterocycles. The van der Waals surface area contributed by atoms with E-state index in [1.54, 1.807) is 0 Å². The van der Waals surface area contributed by atoms with Gasteiger partial charge in [0.2, 0.25) is 11.8 Å². The summed E-state index contributed by atoms with van der Waals surface area (Å²) in [5.74, 6) is -1.15. The Balaban J connectivity index is 2.21. The van der Waals surface area contributed by atoms with E-state index in [1.807, 2.05) is 0 Å². The Morgan fingerprint density at radius 3 is 2.65 bits per heavy atom. The number of carboxylic acids is 1. The molecule has 0 aliphatic carbocycles. The van der Waals surface area contributed by atoms with Crippen molar-refractivity contribution in [3.8, 4) is 0 Å². The maximum Gasteiger partial charge on any atom is 0.325 e. The van der Waals surface area contributed by atoms with E-state index in [0.717, 1.165) is 4.90 Å². The van der Waals surface area contributed by atoms with E-state index >= 15 is 0 Å². The highest BCUT2D eigenvalue weighted by atomic mass is 32.2. The number of anilines is 1. The number of rotatable bonds is 3. The Hall–Kier alpha value is -1.83. The molecule has 1 saturated heterocycles. The zero-order chi connectivity index (χ0) is 12.4. The Labute approximate surface area is 100 Å². The maximum atomic E-state index is 11.6. The standard InChI is InChI=1S/C9H9N3O4S/c13-7-4-17-5-8(14)12(7)6-1-10-11(2-6)3-9(15)16/h1-2H,3-5H2,(H,15,16). The molecule has 1 aromatic rings. The lowest BCUT2D eigenvalue weighted by atomic mass is 10.4. The summed E-state index contributed by atoms with van der Waals surface area (Å²) in [6.45, 7) is -0.301. The highest BCUT2D eigenvalue weighted by Gasteiger charge is 2.28. The van der Waals surface area contributed by atoms with Gasteiger partial charge in [-0.25, -0.2) is 4.90 Å². The van der Waals surface area contributed by atoms with E-state index in [0.29, 0.717) is 5.69 Å². The number of nitrogens with zero attached hydrogens (tertiary/aromatic N) is 3. The second-order valence-corrected chi connectivity index (χ2v) is 4.39. The van der Waals surface area contributed by atoms with E-state index in [4.69, 9.17) is 5.11 Å². The maximum absolute atomic E-state index is 11.6. The van der Waals surface area contributed by atoms with Gasteiger partial charge in [0.05, 0.1) is 23.4 Å². The van der Waals surface area contributed by atoms with E-state index in [9.17, 15) is 14.4 Å². The third-order valence-electron chi connectivity index (χ3n) is 2.12. The van der Waals surface area contributed by atoms with Crippen LogP contribution in [0.4, 0.5) is 5.69 Å². The van der Waals surface area contributed by atoms with Crippen LogP contribution in [0.25, 0.3) is 0 Å². The zero-order valence-corrected chi connectivity index (χ0v) is 9.51. The Morgan fingerprint density at radius 2 is 2.06 bits per heavy atom. The van der Waals surface area contributed by atoms with Crippen molar-refractivity contribution >= 4 is 35.2 Å². The number of carbonyl (C=O) groups excluding carboxylic acids is 2. The number of aromatic nitrogens is 2. The van der Waals surface area contributed by atoms with Gasteiger partial charge in [0, 0.05) is 6.20 Å². The van der Waals surface area contributed by atoms with Crippen LogP contribution < -0.4 is 4.90 Å². The van der Waals surface area contributed by atoms with Crippen LogP contribution in [0, 0.1) is 0 Å². The molecular weight excluding hydrogens is 246 g/mol. The van der Waals surface area contributed by atoms with Crippen LogP contribution in [0.2, 0.25) is 0 Å². The minimum atomic E-state index is -1.04. The number of thioether (sulfide) groups is 1. The van der Waals surface area contributed by atoms with E-state index < -0.39 is 5.97 Å². The lowest BCUT2D eigenvalue weighted by Crippen LogP contribution is -2.42. The van der Waals surface area contributed by atoms with Crippen molar-refractivity contribution in [1.29, 1.82) is 0 Å². The molecule has 17 heavy (non-hydrogen) atoms. The average molecular weight is 255 g/mol. The SMILES string of the molecule is O=C(O)Cn1cc(N2C(=O)CSCC2=O)cn1. The normalized spacial score (nSPS) is 16.4. The van der Waals surface area contributed by atoms with Gasteiger partial charge in [0.25, 0.3) is 0 Å². The molecule has 8 heteroatoms. The van der Waals surface area contributed by atoms with Crippen LogP contribution in [0.1, 0.15) is 0 Å². The van der Waals surface area contributed by atoms with E-state index in [-0.39, 0.29) is 29.9 Å². The quantitative estimate of drug-likeness (QED) is 0.737. The fourth-order valence-corrected chi connectivity index (χ4v) is 2.18. The average Bonchev–Trinajstić information content (AvgIpc) is 2.65. The largest absolute Gasteiger partial charge is 0.480 e. The lowest BCUT2D eigenvalue weighted by molar-refractivity contribution is -0.138. The van der Waals surface area contributed by atoms with Gasteiger partial charge in [-0.3, -0.25) is 19.1 Å². The smallest absolute Gasteiger partial charge is 0.325 e. The minimum Gasteiger partial charge on any atom is -0.480 e. The number of amides is 2. The van der Waals surface area contributed by atoms with Gasteiger partial charge in [0.15, 0.2) is 0 Å². The molecule has 0 unspecified atom stereocenters. The molecule has 2 heterocycles. The van der Waals surface area contributed by atoms with Crippen molar-refractivity contribution in [2.24, 2.45) is 0 Å². The van der Waals surface area contributed by atoms with Crippen molar-refractivity contribution in [3.05, 3.63) is 12.4 Å². The van der Waals surface area contributed by atoms with Crippen LogP contribution in [0.15, 0.2) is 12.4 Å². The summed E-state index contributed by atoms with van der Waals surface area (Å²) in [4.78, 5) is 34.6. The first kappa shape index (κ1) is 11.6. The van der Waals surface area contributed by atoms with E-state index in [1.165, 1.54) is 28.8 Å². The number of hydrogen-bond acceptors (Lipinski definition) is 5. The van der Waals surface area contributed by atoms with Gasteiger partial charge in [-0.1, -0.05) is 0 Å². The first-order chi connectivity index (χ1) is 8.08. The second-order valence-electron chi connectivity index (χ2n) is 3.41.